The van der Waals surface area contributed by atoms with E-state index in [0.717, 1.165) is 24.1 Å². The van der Waals surface area contributed by atoms with Crippen molar-refractivity contribution >= 4 is 11.6 Å². The van der Waals surface area contributed by atoms with Gasteiger partial charge in [0.2, 0.25) is 5.91 Å². The van der Waals surface area contributed by atoms with Gasteiger partial charge in [0.25, 0.3) is 0 Å². The van der Waals surface area contributed by atoms with Gasteiger partial charge in [0, 0.05) is 12.2 Å². The molecule has 1 aliphatic carbocycles. The van der Waals surface area contributed by atoms with E-state index in [1.165, 1.54) is 0 Å². The highest BCUT2D eigenvalue weighted by molar-refractivity contribution is 6.03. The minimum Gasteiger partial charge on any atom is -0.312 e. The molecule has 0 N–H and O–H groups in total. The first-order chi connectivity index (χ1) is 9.78. The molecule has 0 spiro atoms. The normalized spacial score (nSPS) is 15.7. The number of rotatable bonds is 4. The summed E-state index contributed by atoms with van der Waals surface area (Å²) in [6.45, 7) is 2.74. The quantitative estimate of drug-likeness (QED) is 0.824. The van der Waals surface area contributed by atoms with Crippen LogP contribution in [0.15, 0.2) is 60.7 Å². The highest BCUT2D eigenvalue weighted by Crippen LogP contribution is 2.50. The molecule has 2 aromatic carbocycles. The van der Waals surface area contributed by atoms with Gasteiger partial charge in [0.1, 0.15) is 0 Å². The lowest BCUT2D eigenvalue weighted by Gasteiger charge is -2.26. The largest absolute Gasteiger partial charge is 0.312 e. The van der Waals surface area contributed by atoms with Crippen LogP contribution in [-0.2, 0) is 10.2 Å². The van der Waals surface area contributed by atoms with Crippen LogP contribution in [-0.4, -0.2) is 12.5 Å². The van der Waals surface area contributed by atoms with Crippen LogP contribution in [0, 0.1) is 0 Å². The summed E-state index contributed by atoms with van der Waals surface area (Å²) in [6, 6.07) is 20.1. The second kappa shape index (κ2) is 5.12. The van der Waals surface area contributed by atoms with Crippen LogP contribution in [0.5, 0.6) is 0 Å². The fourth-order valence-electron chi connectivity index (χ4n) is 2.82. The summed E-state index contributed by atoms with van der Waals surface area (Å²) in [5.74, 6) is 0.234. The van der Waals surface area contributed by atoms with E-state index in [1.54, 1.807) is 0 Å². The average molecular weight is 265 g/mol. The van der Waals surface area contributed by atoms with E-state index >= 15 is 0 Å². The van der Waals surface area contributed by atoms with Crippen LogP contribution in [0.1, 0.15) is 25.3 Å². The van der Waals surface area contributed by atoms with E-state index in [1.807, 2.05) is 60.4 Å². The molecule has 2 aromatic rings. The SMILES string of the molecule is CCN(C(=O)C1(c2ccccc2)CC1)c1ccccc1. The lowest BCUT2D eigenvalue weighted by Crippen LogP contribution is -2.39. The number of carbonyl (C=O) groups excluding carboxylic acids is 1. The Hall–Kier alpha value is -2.09. The number of nitrogens with zero attached hydrogens (tertiary/aromatic N) is 1. The maximum absolute atomic E-state index is 13.0. The number of carbonyl (C=O) groups is 1. The fraction of sp³-hybridized carbons (Fsp3) is 0.278. The van der Waals surface area contributed by atoms with Crippen LogP contribution < -0.4 is 4.90 Å². The number of para-hydroxylation sites is 1. The third-order valence-electron chi connectivity index (χ3n) is 4.12. The van der Waals surface area contributed by atoms with Gasteiger partial charge >= 0.3 is 0 Å². The first kappa shape index (κ1) is 12.9. The highest BCUT2D eigenvalue weighted by Gasteiger charge is 2.52. The zero-order valence-corrected chi connectivity index (χ0v) is 11.8. The Balaban J connectivity index is 1.92. The standard InChI is InChI=1S/C18H19NO/c1-2-19(16-11-7-4-8-12-16)17(20)18(13-14-18)15-9-5-3-6-10-15/h3-12H,2,13-14H2,1H3. The smallest absolute Gasteiger partial charge is 0.237 e. The Labute approximate surface area is 120 Å². The second-order valence-electron chi connectivity index (χ2n) is 5.33. The summed E-state index contributed by atoms with van der Waals surface area (Å²) in [5.41, 5.74) is 1.86. The van der Waals surface area contributed by atoms with Gasteiger partial charge in [0.05, 0.1) is 5.41 Å². The Morgan fingerprint density at radius 2 is 1.55 bits per heavy atom. The summed E-state index contributed by atoms with van der Waals surface area (Å²) in [4.78, 5) is 14.9. The maximum atomic E-state index is 13.0. The average Bonchev–Trinajstić information content (AvgIpc) is 3.32. The van der Waals surface area contributed by atoms with Gasteiger partial charge in [-0.2, -0.15) is 0 Å². The molecule has 0 saturated heterocycles. The lowest BCUT2D eigenvalue weighted by molar-refractivity contribution is -0.121. The first-order valence-electron chi connectivity index (χ1n) is 7.20. The maximum Gasteiger partial charge on any atom is 0.237 e. The van der Waals surface area contributed by atoms with Crippen molar-refractivity contribution in [2.24, 2.45) is 0 Å². The molecule has 2 nitrogen and oxygen atoms in total. The molecule has 0 heterocycles. The Bertz CT molecular complexity index is 587. The number of hydrogen-bond acceptors (Lipinski definition) is 1. The number of anilines is 1. The van der Waals surface area contributed by atoms with Gasteiger partial charge in [-0.25, -0.2) is 0 Å². The van der Waals surface area contributed by atoms with Gasteiger partial charge in [-0.1, -0.05) is 48.5 Å². The number of likely N-dealkylation sites (N-methyl/N-ethyl adjacent to an activating group) is 1. The molecule has 0 aliphatic heterocycles. The summed E-state index contributed by atoms with van der Waals surface area (Å²) >= 11 is 0. The topological polar surface area (TPSA) is 20.3 Å². The second-order valence-corrected chi connectivity index (χ2v) is 5.33. The van der Waals surface area contributed by atoms with E-state index in [0.29, 0.717) is 6.54 Å². The summed E-state index contributed by atoms with van der Waals surface area (Å²) in [7, 11) is 0. The molecular formula is C18H19NO. The predicted octanol–water partition coefficient (Wildman–Crippen LogP) is 3.77. The van der Waals surface area contributed by atoms with Crippen LogP contribution in [0.2, 0.25) is 0 Å². The lowest BCUT2D eigenvalue weighted by atomic mass is 9.94. The molecule has 1 fully saturated rings. The number of amides is 1. The monoisotopic (exact) mass is 265 g/mol. The molecule has 0 bridgehead atoms. The molecule has 1 saturated carbocycles. The molecule has 20 heavy (non-hydrogen) atoms. The molecule has 2 heteroatoms. The van der Waals surface area contributed by atoms with Crippen molar-refractivity contribution in [3.63, 3.8) is 0 Å². The van der Waals surface area contributed by atoms with E-state index < -0.39 is 0 Å². The van der Waals surface area contributed by atoms with Crippen molar-refractivity contribution in [2.45, 2.75) is 25.2 Å². The van der Waals surface area contributed by atoms with Gasteiger partial charge in [-0.15, -0.1) is 0 Å². The van der Waals surface area contributed by atoms with E-state index in [9.17, 15) is 4.79 Å². The third kappa shape index (κ3) is 2.11. The van der Waals surface area contributed by atoms with Crippen molar-refractivity contribution in [1.82, 2.24) is 0 Å². The minimum absolute atomic E-state index is 0.234. The van der Waals surface area contributed by atoms with Crippen LogP contribution in [0.25, 0.3) is 0 Å². The van der Waals surface area contributed by atoms with Crippen LogP contribution >= 0.6 is 0 Å². The van der Waals surface area contributed by atoms with Gasteiger partial charge in [-0.05, 0) is 37.5 Å². The molecule has 0 atom stereocenters. The number of benzene rings is 2. The van der Waals surface area contributed by atoms with Crippen molar-refractivity contribution in [3.8, 4) is 0 Å². The molecular weight excluding hydrogens is 246 g/mol. The molecule has 1 amide bonds. The summed E-state index contributed by atoms with van der Waals surface area (Å²) in [6.07, 6.45) is 1.92. The van der Waals surface area contributed by atoms with E-state index in [2.05, 4.69) is 12.1 Å². The third-order valence-corrected chi connectivity index (χ3v) is 4.12. The van der Waals surface area contributed by atoms with Crippen molar-refractivity contribution < 1.29 is 4.79 Å². The first-order valence-corrected chi connectivity index (χ1v) is 7.20. The van der Waals surface area contributed by atoms with Crippen molar-refractivity contribution in [2.75, 3.05) is 11.4 Å². The Kier molecular flexibility index (Phi) is 3.31. The fourth-order valence-corrected chi connectivity index (χ4v) is 2.82. The molecule has 102 valence electrons. The minimum atomic E-state index is -0.285. The summed E-state index contributed by atoms with van der Waals surface area (Å²) in [5, 5.41) is 0. The molecule has 0 unspecified atom stereocenters. The molecule has 1 aliphatic rings. The van der Waals surface area contributed by atoms with Crippen molar-refractivity contribution in [1.29, 1.82) is 0 Å². The van der Waals surface area contributed by atoms with Crippen molar-refractivity contribution in [3.05, 3.63) is 66.2 Å². The Morgan fingerprint density at radius 3 is 2.05 bits per heavy atom. The molecule has 0 aromatic heterocycles. The highest BCUT2D eigenvalue weighted by atomic mass is 16.2. The van der Waals surface area contributed by atoms with E-state index in [4.69, 9.17) is 0 Å². The van der Waals surface area contributed by atoms with E-state index in [-0.39, 0.29) is 11.3 Å². The van der Waals surface area contributed by atoms with Crippen LogP contribution in [0.3, 0.4) is 0 Å². The molecule has 3 rings (SSSR count). The van der Waals surface area contributed by atoms with Gasteiger partial charge in [0.15, 0.2) is 0 Å². The van der Waals surface area contributed by atoms with Crippen LogP contribution in [0.4, 0.5) is 5.69 Å². The zero-order chi connectivity index (χ0) is 14.0. The Morgan fingerprint density at radius 1 is 1.00 bits per heavy atom. The number of hydrogen-bond donors (Lipinski definition) is 0. The zero-order valence-electron chi connectivity index (χ0n) is 11.8. The van der Waals surface area contributed by atoms with Gasteiger partial charge < -0.3 is 4.90 Å². The molecule has 0 radical (unpaired) electrons. The predicted molar refractivity (Wildman–Crippen MR) is 81.8 cm³/mol. The summed E-state index contributed by atoms with van der Waals surface area (Å²) < 4.78 is 0. The van der Waals surface area contributed by atoms with Gasteiger partial charge in [-0.3, -0.25) is 4.79 Å².